The van der Waals surface area contributed by atoms with E-state index >= 15 is 0 Å². The van der Waals surface area contributed by atoms with E-state index in [2.05, 4.69) is 111 Å². The van der Waals surface area contributed by atoms with E-state index in [4.69, 9.17) is 4.43 Å². The Hall–Kier alpha value is -0.903. The maximum Gasteiger partial charge on any atom is 0.261 e. The summed E-state index contributed by atoms with van der Waals surface area (Å²) >= 11 is 3.64. The maximum absolute atomic E-state index is 6.93. The fourth-order valence-corrected chi connectivity index (χ4v) is 8.03. The number of rotatable bonds is 6. The third-order valence-corrected chi connectivity index (χ3v) is 11.0. The first-order valence-corrected chi connectivity index (χ1v) is 11.6. The Balaban J connectivity index is 2.62. The van der Waals surface area contributed by atoms with Crippen LogP contribution in [0.3, 0.4) is 0 Å². The topological polar surface area (TPSA) is 9.23 Å². The molecule has 0 heterocycles. The minimum Gasteiger partial charge on any atom is -0.407 e. The zero-order chi connectivity index (χ0) is 17.8. The van der Waals surface area contributed by atoms with E-state index in [-0.39, 0.29) is 10.5 Å². The molecule has 0 saturated heterocycles. The van der Waals surface area contributed by atoms with Gasteiger partial charge in [0.1, 0.15) is 0 Å². The molecule has 0 aliphatic heterocycles. The Bertz CT molecular complexity index is 592. The van der Waals surface area contributed by atoms with Gasteiger partial charge in [0.2, 0.25) is 0 Å². The average molecular weight is 405 g/mol. The molecule has 0 unspecified atom stereocenters. The molecule has 130 valence electrons. The third-order valence-electron chi connectivity index (χ3n) is 4.46. The van der Waals surface area contributed by atoms with Gasteiger partial charge >= 0.3 is 0 Å². The first kappa shape index (κ1) is 19.4. The van der Waals surface area contributed by atoms with Crippen LogP contribution in [0.15, 0.2) is 60.7 Å². The third kappa shape index (κ3) is 4.01. The largest absolute Gasteiger partial charge is 0.407 e. The van der Waals surface area contributed by atoms with Gasteiger partial charge in [0.05, 0.1) is 0 Å². The molecular formula is C21H29BrOSi. The molecule has 0 aliphatic rings. The summed E-state index contributed by atoms with van der Waals surface area (Å²) in [5, 5.41) is 3.65. The lowest BCUT2D eigenvalue weighted by molar-refractivity contribution is 0.191. The predicted molar refractivity (Wildman–Crippen MR) is 111 cm³/mol. The highest BCUT2D eigenvalue weighted by molar-refractivity contribution is 9.09. The van der Waals surface area contributed by atoms with Gasteiger partial charge in [-0.3, -0.25) is 0 Å². The molecule has 2 aromatic carbocycles. The van der Waals surface area contributed by atoms with E-state index in [1.54, 1.807) is 0 Å². The molecule has 24 heavy (non-hydrogen) atoms. The zero-order valence-corrected chi connectivity index (χ0v) is 18.1. The first-order chi connectivity index (χ1) is 11.2. The lowest BCUT2D eigenvalue weighted by Gasteiger charge is -2.44. The van der Waals surface area contributed by atoms with Gasteiger partial charge in [-0.25, -0.2) is 0 Å². The van der Waals surface area contributed by atoms with Crippen LogP contribution in [0.1, 0.15) is 34.6 Å². The smallest absolute Gasteiger partial charge is 0.261 e. The Kier molecular flexibility index (Phi) is 6.11. The number of benzene rings is 2. The van der Waals surface area contributed by atoms with E-state index in [0.717, 1.165) is 11.9 Å². The summed E-state index contributed by atoms with van der Waals surface area (Å²) in [7, 11) is -2.40. The van der Waals surface area contributed by atoms with Crippen LogP contribution in [-0.4, -0.2) is 20.3 Å². The highest BCUT2D eigenvalue weighted by Crippen LogP contribution is 2.37. The van der Waals surface area contributed by atoms with Crippen LogP contribution in [0.5, 0.6) is 0 Å². The molecular weight excluding hydrogens is 376 g/mol. The Labute approximate surface area is 156 Å². The van der Waals surface area contributed by atoms with E-state index < -0.39 is 8.32 Å². The average Bonchev–Trinajstić information content (AvgIpc) is 2.56. The second-order valence-electron chi connectivity index (χ2n) is 8.25. The molecule has 0 fully saturated rings. The molecule has 0 aliphatic carbocycles. The molecule has 0 atom stereocenters. The summed E-state index contributed by atoms with van der Waals surface area (Å²) in [4.78, 5) is 0. The van der Waals surface area contributed by atoms with E-state index in [1.807, 2.05) is 0 Å². The summed E-state index contributed by atoms with van der Waals surface area (Å²) in [6, 6.07) is 21.6. The molecule has 0 spiro atoms. The van der Waals surface area contributed by atoms with E-state index in [1.165, 1.54) is 10.4 Å². The molecule has 3 heteroatoms. The van der Waals surface area contributed by atoms with E-state index in [9.17, 15) is 0 Å². The van der Waals surface area contributed by atoms with Gasteiger partial charge < -0.3 is 4.43 Å². The number of alkyl halides is 1. The zero-order valence-electron chi connectivity index (χ0n) is 15.5. The predicted octanol–water partition coefficient (Wildman–Crippen LogP) is 4.98. The van der Waals surface area contributed by atoms with Crippen LogP contribution in [0.2, 0.25) is 5.04 Å². The summed E-state index contributed by atoms with van der Waals surface area (Å²) in [6.45, 7) is 12.2. The van der Waals surface area contributed by atoms with Gasteiger partial charge in [-0.15, -0.1) is 0 Å². The lowest BCUT2D eigenvalue weighted by atomic mass is 9.99. The minimum absolute atomic E-state index is 0.0398. The SMILES string of the molecule is CC(C)(CBr)CO[Si](c1ccccc1)(c1ccccc1)C(C)(C)C. The van der Waals surface area contributed by atoms with Crippen LogP contribution >= 0.6 is 15.9 Å². The highest BCUT2D eigenvalue weighted by atomic mass is 79.9. The summed E-state index contributed by atoms with van der Waals surface area (Å²) in [5.41, 5.74) is 0.104. The van der Waals surface area contributed by atoms with Crippen molar-refractivity contribution in [2.75, 3.05) is 11.9 Å². The Morgan fingerprint density at radius 1 is 0.792 bits per heavy atom. The van der Waals surface area contributed by atoms with Crippen molar-refractivity contribution < 1.29 is 4.43 Å². The second-order valence-corrected chi connectivity index (χ2v) is 13.1. The molecule has 0 N–H and O–H groups in total. The van der Waals surface area contributed by atoms with Crippen molar-refractivity contribution in [2.45, 2.75) is 39.7 Å². The minimum atomic E-state index is -2.40. The van der Waals surface area contributed by atoms with Crippen LogP contribution in [-0.2, 0) is 4.43 Å². The van der Waals surface area contributed by atoms with Gasteiger partial charge in [0, 0.05) is 11.9 Å². The van der Waals surface area contributed by atoms with Crippen molar-refractivity contribution in [3.05, 3.63) is 60.7 Å². The fourth-order valence-electron chi connectivity index (χ4n) is 3.10. The van der Waals surface area contributed by atoms with Crippen LogP contribution < -0.4 is 10.4 Å². The molecule has 0 amide bonds. The van der Waals surface area contributed by atoms with Crippen molar-refractivity contribution in [3.8, 4) is 0 Å². The Morgan fingerprint density at radius 3 is 1.54 bits per heavy atom. The molecule has 0 aromatic heterocycles. The summed E-state index contributed by atoms with van der Waals surface area (Å²) in [6.07, 6.45) is 0. The molecule has 2 rings (SSSR count). The van der Waals surface area contributed by atoms with Crippen LogP contribution in [0.4, 0.5) is 0 Å². The van der Waals surface area contributed by atoms with Crippen molar-refractivity contribution in [2.24, 2.45) is 5.41 Å². The highest BCUT2D eigenvalue weighted by Gasteiger charge is 2.50. The van der Waals surface area contributed by atoms with Gasteiger partial charge in [-0.2, -0.15) is 0 Å². The summed E-state index contributed by atoms with van der Waals surface area (Å²) in [5.74, 6) is 0. The van der Waals surface area contributed by atoms with Gasteiger partial charge in [-0.1, -0.05) is 111 Å². The van der Waals surface area contributed by atoms with Gasteiger partial charge in [0.25, 0.3) is 8.32 Å². The normalized spacial score (nSPS) is 13.1. The van der Waals surface area contributed by atoms with Crippen molar-refractivity contribution >= 4 is 34.6 Å². The number of hydrogen-bond acceptors (Lipinski definition) is 1. The molecule has 0 radical (unpaired) electrons. The monoisotopic (exact) mass is 404 g/mol. The number of halogens is 1. The molecule has 1 nitrogen and oxygen atoms in total. The lowest BCUT2D eigenvalue weighted by Crippen LogP contribution is -2.67. The summed E-state index contributed by atoms with van der Waals surface area (Å²) < 4.78 is 6.93. The quantitative estimate of drug-likeness (QED) is 0.486. The van der Waals surface area contributed by atoms with E-state index in [0.29, 0.717) is 0 Å². The molecule has 0 bridgehead atoms. The number of hydrogen-bond donors (Lipinski definition) is 0. The van der Waals surface area contributed by atoms with Crippen molar-refractivity contribution in [1.82, 2.24) is 0 Å². The standard InChI is InChI=1S/C21H29BrOSi/c1-20(2,3)24(18-12-8-6-9-13-18,19-14-10-7-11-15-19)23-17-21(4,5)16-22/h6-15H,16-17H2,1-5H3. The van der Waals surface area contributed by atoms with Gasteiger partial charge in [-0.05, 0) is 20.8 Å². The maximum atomic E-state index is 6.93. The molecule has 0 saturated carbocycles. The fraction of sp³-hybridized carbons (Fsp3) is 0.429. The van der Waals surface area contributed by atoms with Crippen LogP contribution in [0, 0.1) is 5.41 Å². The van der Waals surface area contributed by atoms with Crippen molar-refractivity contribution in [3.63, 3.8) is 0 Å². The van der Waals surface area contributed by atoms with Gasteiger partial charge in [0.15, 0.2) is 0 Å². The molecule has 2 aromatic rings. The van der Waals surface area contributed by atoms with Crippen LogP contribution in [0.25, 0.3) is 0 Å². The Morgan fingerprint density at radius 2 is 1.21 bits per heavy atom. The first-order valence-electron chi connectivity index (χ1n) is 8.54. The van der Waals surface area contributed by atoms with Crippen molar-refractivity contribution in [1.29, 1.82) is 0 Å². The second kappa shape index (κ2) is 7.55.